The molecule has 0 aromatic heterocycles. The molecular formula is C11H12N2O. The van der Waals surface area contributed by atoms with Crippen LogP contribution in [0.3, 0.4) is 0 Å². The Morgan fingerprint density at radius 1 is 1.29 bits per heavy atom. The van der Waals surface area contributed by atoms with Crippen molar-refractivity contribution in [2.45, 2.75) is 25.7 Å². The quantitative estimate of drug-likeness (QED) is 0.628. The lowest BCUT2D eigenvalue weighted by Crippen LogP contribution is -2.37. The summed E-state index contributed by atoms with van der Waals surface area (Å²) in [5, 5.41) is 1.93. The molecule has 0 amide bonds. The van der Waals surface area contributed by atoms with Crippen LogP contribution in [0.15, 0.2) is 35.3 Å². The highest BCUT2D eigenvalue weighted by Crippen LogP contribution is 2.41. The van der Waals surface area contributed by atoms with Crippen molar-refractivity contribution in [1.82, 2.24) is 5.06 Å². The minimum atomic E-state index is -0.0913. The van der Waals surface area contributed by atoms with Crippen LogP contribution in [0.4, 0.5) is 0 Å². The summed E-state index contributed by atoms with van der Waals surface area (Å²) < 4.78 is 0. The smallest absolute Gasteiger partial charge is 0.248 e. The van der Waals surface area contributed by atoms with Crippen molar-refractivity contribution in [2.75, 3.05) is 0 Å². The van der Waals surface area contributed by atoms with Gasteiger partial charge in [0.15, 0.2) is 0 Å². The van der Waals surface area contributed by atoms with Gasteiger partial charge in [-0.3, -0.25) is 0 Å². The molecule has 1 aromatic carbocycles. The summed E-state index contributed by atoms with van der Waals surface area (Å²) >= 11 is 0. The summed E-state index contributed by atoms with van der Waals surface area (Å²) in [5.41, 5.74) is 2.22. The molecule has 1 saturated heterocycles. The second-order valence-corrected chi connectivity index (χ2v) is 4.16. The molecule has 0 aliphatic carbocycles. The number of benzene rings is 1. The molecule has 3 heteroatoms. The molecule has 2 aliphatic rings. The van der Waals surface area contributed by atoms with E-state index >= 15 is 0 Å². The van der Waals surface area contributed by atoms with Gasteiger partial charge in [-0.05, 0) is 19.4 Å². The monoisotopic (exact) mass is 188 g/mol. The Morgan fingerprint density at radius 2 is 2.00 bits per heavy atom. The van der Waals surface area contributed by atoms with E-state index in [2.05, 4.69) is 31.0 Å². The Morgan fingerprint density at radius 3 is 2.57 bits per heavy atom. The summed E-state index contributed by atoms with van der Waals surface area (Å²) in [5.74, 6) is 0. The maximum absolute atomic E-state index is 5.27. The van der Waals surface area contributed by atoms with E-state index < -0.39 is 0 Å². The van der Waals surface area contributed by atoms with Crippen LogP contribution < -0.4 is 0 Å². The Bertz CT molecular complexity index is 397. The van der Waals surface area contributed by atoms with E-state index in [-0.39, 0.29) is 11.9 Å². The molecule has 0 radical (unpaired) electrons. The molecule has 14 heavy (non-hydrogen) atoms. The van der Waals surface area contributed by atoms with Crippen LogP contribution in [0.25, 0.3) is 0 Å². The first kappa shape index (κ1) is 8.15. The fourth-order valence-corrected chi connectivity index (χ4v) is 1.95. The van der Waals surface area contributed by atoms with Crippen LogP contribution in [0.5, 0.6) is 0 Å². The summed E-state index contributed by atoms with van der Waals surface area (Å²) in [7, 11) is 0. The third kappa shape index (κ3) is 0.966. The molecule has 2 aliphatic heterocycles. The summed E-state index contributed by atoms with van der Waals surface area (Å²) in [4.78, 5) is 9.77. The molecule has 1 fully saturated rings. The molecular weight excluding hydrogens is 176 g/mol. The van der Waals surface area contributed by atoms with Gasteiger partial charge in [0.2, 0.25) is 6.35 Å². The molecule has 2 atom stereocenters. The van der Waals surface area contributed by atoms with Crippen molar-refractivity contribution in [3.63, 3.8) is 0 Å². The van der Waals surface area contributed by atoms with Crippen LogP contribution in [-0.2, 0) is 4.84 Å². The Hall–Kier alpha value is -1.19. The Kier molecular flexibility index (Phi) is 1.42. The first-order valence-corrected chi connectivity index (χ1v) is 4.79. The highest BCUT2D eigenvalue weighted by Gasteiger charge is 2.56. The predicted octanol–water partition coefficient (Wildman–Crippen LogP) is 1.80. The fraction of sp³-hybridized carbons (Fsp3) is 0.364. The number of hydroxylamine groups is 2. The van der Waals surface area contributed by atoms with E-state index in [1.165, 1.54) is 5.56 Å². The predicted molar refractivity (Wildman–Crippen MR) is 53.8 cm³/mol. The van der Waals surface area contributed by atoms with Gasteiger partial charge >= 0.3 is 0 Å². The van der Waals surface area contributed by atoms with Crippen molar-refractivity contribution in [3.8, 4) is 0 Å². The average Bonchev–Trinajstić information content (AvgIpc) is 2.90. The van der Waals surface area contributed by atoms with Gasteiger partial charge in [-0.15, -0.1) is 5.06 Å². The number of aliphatic imine (C=N–C) groups is 1. The molecule has 2 heterocycles. The van der Waals surface area contributed by atoms with Crippen molar-refractivity contribution in [2.24, 2.45) is 4.99 Å². The molecule has 0 spiro atoms. The molecule has 0 bridgehead atoms. The van der Waals surface area contributed by atoms with E-state index in [0.717, 1.165) is 5.71 Å². The molecule has 3 rings (SSSR count). The van der Waals surface area contributed by atoms with Gasteiger partial charge in [0, 0.05) is 0 Å². The van der Waals surface area contributed by atoms with E-state index in [9.17, 15) is 0 Å². The molecule has 72 valence electrons. The summed E-state index contributed by atoms with van der Waals surface area (Å²) in [6.45, 7) is 4.26. The molecule has 1 aromatic rings. The van der Waals surface area contributed by atoms with E-state index in [4.69, 9.17) is 4.84 Å². The van der Waals surface area contributed by atoms with E-state index in [1.54, 1.807) is 0 Å². The maximum Gasteiger partial charge on any atom is 0.248 e. The van der Waals surface area contributed by atoms with Gasteiger partial charge in [0.05, 0.1) is 11.3 Å². The standard InChI is InChI=1S/C11H12N2O/c1-11(2)9(12-10-13(11)14-10)8-6-4-3-5-7-8/h3-7,10H,1-2H3. The largest absolute Gasteiger partial charge is 0.248 e. The molecule has 3 nitrogen and oxygen atoms in total. The third-order valence-electron chi connectivity index (χ3n) is 2.78. The highest BCUT2D eigenvalue weighted by molar-refractivity contribution is 6.08. The number of hydrogen-bond donors (Lipinski definition) is 0. The van der Waals surface area contributed by atoms with Crippen molar-refractivity contribution >= 4 is 5.71 Å². The minimum absolute atomic E-state index is 0.0276. The van der Waals surface area contributed by atoms with Gasteiger partial charge in [0.25, 0.3) is 0 Å². The van der Waals surface area contributed by atoms with Crippen LogP contribution in [-0.4, -0.2) is 22.7 Å². The van der Waals surface area contributed by atoms with Gasteiger partial charge in [-0.25, -0.2) is 9.83 Å². The normalized spacial score (nSPS) is 32.3. The van der Waals surface area contributed by atoms with Crippen molar-refractivity contribution < 1.29 is 4.84 Å². The van der Waals surface area contributed by atoms with Crippen LogP contribution in [0, 0.1) is 0 Å². The van der Waals surface area contributed by atoms with Gasteiger partial charge < -0.3 is 0 Å². The SMILES string of the molecule is CC1(C)C(c2ccccc2)=NC2ON21. The highest BCUT2D eigenvalue weighted by atomic mass is 16.9. The second kappa shape index (κ2) is 2.43. The van der Waals surface area contributed by atoms with Gasteiger partial charge in [0.1, 0.15) is 0 Å². The Balaban J connectivity index is 2.04. The lowest BCUT2D eigenvalue weighted by atomic mass is 9.93. The zero-order chi connectivity index (χ0) is 9.76. The first-order chi connectivity index (χ1) is 6.69. The lowest BCUT2D eigenvalue weighted by Gasteiger charge is -2.21. The first-order valence-electron chi connectivity index (χ1n) is 4.79. The van der Waals surface area contributed by atoms with E-state index in [1.807, 2.05) is 23.3 Å². The van der Waals surface area contributed by atoms with Crippen molar-refractivity contribution in [3.05, 3.63) is 35.9 Å². The van der Waals surface area contributed by atoms with Crippen LogP contribution in [0.2, 0.25) is 0 Å². The Labute approximate surface area is 83.0 Å². The third-order valence-corrected chi connectivity index (χ3v) is 2.78. The van der Waals surface area contributed by atoms with Gasteiger partial charge in [-0.2, -0.15) is 0 Å². The zero-order valence-electron chi connectivity index (χ0n) is 8.27. The molecule has 0 saturated carbocycles. The van der Waals surface area contributed by atoms with Crippen molar-refractivity contribution in [1.29, 1.82) is 0 Å². The number of rotatable bonds is 1. The maximum atomic E-state index is 5.27. The molecule has 0 N–H and O–H groups in total. The lowest BCUT2D eigenvalue weighted by molar-refractivity contribution is 0.130. The molecule has 2 unspecified atom stereocenters. The number of hydrogen-bond acceptors (Lipinski definition) is 3. The minimum Gasteiger partial charge on any atom is -0.248 e. The average molecular weight is 188 g/mol. The number of nitrogens with zero attached hydrogens (tertiary/aromatic N) is 2. The van der Waals surface area contributed by atoms with Gasteiger partial charge in [-0.1, -0.05) is 30.3 Å². The van der Waals surface area contributed by atoms with Crippen LogP contribution >= 0.6 is 0 Å². The zero-order valence-corrected chi connectivity index (χ0v) is 8.27. The van der Waals surface area contributed by atoms with E-state index in [0.29, 0.717) is 0 Å². The summed E-state index contributed by atoms with van der Waals surface area (Å²) in [6.07, 6.45) is -0.0276. The number of fused-ring (bicyclic) bond motifs is 1. The summed E-state index contributed by atoms with van der Waals surface area (Å²) in [6, 6.07) is 10.3. The van der Waals surface area contributed by atoms with Crippen LogP contribution in [0.1, 0.15) is 19.4 Å². The second-order valence-electron chi connectivity index (χ2n) is 4.16. The topological polar surface area (TPSA) is 27.9 Å². The fourth-order valence-electron chi connectivity index (χ4n) is 1.95.